The predicted octanol–water partition coefficient (Wildman–Crippen LogP) is 2.43. The summed E-state index contributed by atoms with van der Waals surface area (Å²) in [5.41, 5.74) is 4.18. The highest BCUT2D eigenvalue weighted by molar-refractivity contribution is 5.72. The number of hydrogen-bond acceptors (Lipinski definition) is 3. The summed E-state index contributed by atoms with van der Waals surface area (Å²) in [7, 11) is 0. The number of benzene rings is 1. The van der Waals surface area contributed by atoms with Crippen LogP contribution in [0, 0.1) is 6.92 Å². The number of anilines is 2. The fourth-order valence-corrected chi connectivity index (χ4v) is 2.92. The highest BCUT2D eigenvalue weighted by atomic mass is 16.5. The van der Waals surface area contributed by atoms with Crippen LogP contribution >= 0.6 is 0 Å². The van der Waals surface area contributed by atoms with E-state index in [2.05, 4.69) is 34.9 Å². The highest BCUT2D eigenvalue weighted by Crippen LogP contribution is 2.33. The maximum Gasteiger partial charge on any atom is 0.0642 e. The van der Waals surface area contributed by atoms with Crippen molar-refractivity contribution in [2.24, 2.45) is 0 Å². The summed E-state index contributed by atoms with van der Waals surface area (Å²) in [6, 6.07) is 6.86. The van der Waals surface area contributed by atoms with Crippen LogP contribution in [0.3, 0.4) is 0 Å². The van der Waals surface area contributed by atoms with Crippen LogP contribution in [-0.2, 0) is 4.74 Å². The van der Waals surface area contributed by atoms with Gasteiger partial charge in [-0.15, -0.1) is 0 Å². The molecule has 2 aliphatic heterocycles. The van der Waals surface area contributed by atoms with Crippen LogP contribution in [0.2, 0.25) is 0 Å². The SMILES string of the molecule is Cc1ccc(N2CCOCC2)c(N2CCCC2)c1. The van der Waals surface area contributed by atoms with Crippen molar-refractivity contribution in [3.05, 3.63) is 23.8 Å². The summed E-state index contributed by atoms with van der Waals surface area (Å²) >= 11 is 0. The van der Waals surface area contributed by atoms with Crippen molar-refractivity contribution in [2.75, 3.05) is 49.2 Å². The maximum atomic E-state index is 5.46. The van der Waals surface area contributed by atoms with Crippen molar-refractivity contribution in [1.29, 1.82) is 0 Å². The molecule has 3 heteroatoms. The lowest BCUT2D eigenvalue weighted by Crippen LogP contribution is -2.37. The first-order valence-electron chi connectivity index (χ1n) is 7.03. The number of nitrogens with zero attached hydrogens (tertiary/aromatic N) is 2. The maximum absolute atomic E-state index is 5.46. The molecule has 0 saturated carbocycles. The Hall–Kier alpha value is -1.22. The summed E-state index contributed by atoms with van der Waals surface area (Å²) in [6.07, 6.45) is 2.66. The Kier molecular flexibility index (Phi) is 3.41. The minimum atomic E-state index is 0.854. The number of ether oxygens (including phenoxy) is 1. The van der Waals surface area contributed by atoms with Gasteiger partial charge in [-0.2, -0.15) is 0 Å². The van der Waals surface area contributed by atoms with Crippen molar-refractivity contribution in [3.8, 4) is 0 Å². The molecule has 3 nitrogen and oxygen atoms in total. The fraction of sp³-hybridized carbons (Fsp3) is 0.600. The second-order valence-corrected chi connectivity index (χ2v) is 5.29. The predicted molar refractivity (Wildman–Crippen MR) is 75.7 cm³/mol. The molecule has 0 amide bonds. The lowest BCUT2D eigenvalue weighted by Gasteiger charge is -2.33. The van der Waals surface area contributed by atoms with Crippen LogP contribution < -0.4 is 9.80 Å². The summed E-state index contributed by atoms with van der Waals surface area (Å²) in [5.74, 6) is 0. The van der Waals surface area contributed by atoms with Crippen LogP contribution in [0.5, 0.6) is 0 Å². The van der Waals surface area contributed by atoms with Gasteiger partial charge in [0.15, 0.2) is 0 Å². The van der Waals surface area contributed by atoms with Gasteiger partial charge in [-0.1, -0.05) is 6.07 Å². The molecule has 2 saturated heterocycles. The quantitative estimate of drug-likeness (QED) is 0.797. The van der Waals surface area contributed by atoms with Gasteiger partial charge < -0.3 is 14.5 Å². The normalized spacial score (nSPS) is 20.5. The van der Waals surface area contributed by atoms with E-state index in [0.717, 1.165) is 26.3 Å². The van der Waals surface area contributed by atoms with Crippen LogP contribution in [0.25, 0.3) is 0 Å². The second-order valence-electron chi connectivity index (χ2n) is 5.29. The van der Waals surface area contributed by atoms with Crippen LogP contribution in [0.1, 0.15) is 18.4 Å². The van der Waals surface area contributed by atoms with E-state index in [-0.39, 0.29) is 0 Å². The van der Waals surface area contributed by atoms with E-state index in [1.54, 1.807) is 0 Å². The zero-order valence-electron chi connectivity index (χ0n) is 11.2. The molecule has 0 aromatic heterocycles. The van der Waals surface area contributed by atoms with Gasteiger partial charge in [0, 0.05) is 26.2 Å². The molecule has 2 heterocycles. The number of rotatable bonds is 2. The molecule has 0 atom stereocenters. The monoisotopic (exact) mass is 246 g/mol. The van der Waals surface area contributed by atoms with Gasteiger partial charge in [-0.3, -0.25) is 0 Å². The third kappa shape index (κ3) is 2.32. The van der Waals surface area contributed by atoms with Gasteiger partial charge in [0.1, 0.15) is 0 Å². The number of morpholine rings is 1. The topological polar surface area (TPSA) is 15.7 Å². The molecule has 1 aromatic carbocycles. The van der Waals surface area contributed by atoms with E-state index in [9.17, 15) is 0 Å². The molecule has 0 spiro atoms. The van der Waals surface area contributed by atoms with Gasteiger partial charge in [0.2, 0.25) is 0 Å². The molecule has 0 N–H and O–H groups in total. The first-order chi connectivity index (χ1) is 8.84. The minimum Gasteiger partial charge on any atom is -0.378 e. The first kappa shape index (κ1) is 11.8. The first-order valence-corrected chi connectivity index (χ1v) is 7.03. The van der Waals surface area contributed by atoms with E-state index >= 15 is 0 Å². The third-order valence-electron chi connectivity index (χ3n) is 3.93. The molecular weight excluding hydrogens is 224 g/mol. The van der Waals surface area contributed by atoms with E-state index in [1.807, 2.05) is 0 Å². The molecule has 3 rings (SSSR count). The van der Waals surface area contributed by atoms with Crippen LogP contribution in [0.15, 0.2) is 18.2 Å². The molecule has 1 aromatic rings. The van der Waals surface area contributed by atoms with Gasteiger partial charge in [-0.25, -0.2) is 0 Å². The Balaban J connectivity index is 1.91. The molecule has 0 unspecified atom stereocenters. The van der Waals surface area contributed by atoms with Crippen molar-refractivity contribution < 1.29 is 4.74 Å². The number of aryl methyl sites for hydroxylation is 1. The molecule has 2 fully saturated rings. The third-order valence-corrected chi connectivity index (χ3v) is 3.93. The summed E-state index contributed by atoms with van der Waals surface area (Å²) < 4.78 is 5.46. The standard InChI is InChI=1S/C15H22N2O/c1-13-4-5-14(17-8-10-18-11-9-17)15(12-13)16-6-2-3-7-16/h4-5,12H,2-3,6-11H2,1H3. The zero-order chi connectivity index (χ0) is 12.4. The van der Waals surface area contributed by atoms with E-state index in [1.165, 1.54) is 42.9 Å². The van der Waals surface area contributed by atoms with Gasteiger partial charge in [-0.05, 0) is 37.5 Å². The molecule has 0 aliphatic carbocycles. The van der Waals surface area contributed by atoms with Crippen molar-refractivity contribution >= 4 is 11.4 Å². The molecule has 98 valence electrons. The van der Waals surface area contributed by atoms with Crippen LogP contribution in [-0.4, -0.2) is 39.4 Å². The Labute approximate surface area is 109 Å². The minimum absolute atomic E-state index is 0.854. The Morgan fingerprint density at radius 1 is 0.889 bits per heavy atom. The number of hydrogen-bond donors (Lipinski definition) is 0. The Bertz CT molecular complexity index is 407. The lowest BCUT2D eigenvalue weighted by molar-refractivity contribution is 0.122. The van der Waals surface area contributed by atoms with E-state index < -0.39 is 0 Å². The molecule has 0 bridgehead atoms. The van der Waals surface area contributed by atoms with Crippen molar-refractivity contribution in [1.82, 2.24) is 0 Å². The molecule has 0 radical (unpaired) electrons. The Morgan fingerprint density at radius 3 is 2.28 bits per heavy atom. The summed E-state index contributed by atoms with van der Waals surface area (Å²) in [4.78, 5) is 5.01. The Morgan fingerprint density at radius 2 is 1.56 bits per heavy atom. The van der Waals surface area contributed by atoms with E-state index in [4.69, 9.17) is 4.74 Å². The largest absolute Gasteiger partial charge is 0.378 e. The summed E-state index contributed by atoms with van der Waals surface area (Å²) in [6.45, 7) is 8.35. The molecule has 2 aliphatic rings. The van der Waals surface area contributed by atoms with Crippen LogP contribution in [0.4, 0.5) is 11.4 Å². The van der Waals surface area contributed by atoms with Gasteiger partial charge >= 0.3 is 0 Å². The fourth-order valence-electron chi connectivity index (χ4n) is 2.92. The average Bonchev–Trinajstić information content (AvgIpc) is 2.93. The highest BCUT2D eigenvalue weighted by Gasteiger charge is 2.20. The van der Waals surface area contributed by atoms with E-state index in [0.29, 0.717) is 0 Å². The lowest BCUT2D eigenvalue weighted by atomic mass is 10.1. The zero-order valence-corrected chi connectivity index (χ0v) is 11.2. The molecular formula is C15H22N2O. The van der Waals surface area contributed by atoms with Crippen molar-refractivity contribution in [3.63, 3.8) is 0 Å². The summed E-state index contributed by atoms with van der Waals surface area (Å²) in [5, 5.41) is 0. The smallest absolute Gasteiger partial charge is 0.0642 e. The van der Waals surface area contributed by atoms with Gasteiger partial charge in [0.05, 0.1) is 24.6 Å². The second kappa shape index (κ2) is 5.19. The van der Waals surface area contributed by atoms with Gasteiger partial charge in [0.25, 0.3) is 0 Å². The average molecular weight is 246 g/mol. The molecule has 18 heavy (non-hydrogen) atoms. The van der Waals surface area contributed by atoms with Crippen molar-refractivity contribution in [2.45, 2.75) is 19.8 Å².